The minimum absolute atomic E-state index is 0.0509. The van der Waals surface area contributed by atoms with Crippen molar-refractivity contribution in [1.29, 1.82) is 0 Å². The van der Waals surface area contributed by atoms with Crippen LogP contribution in [0.2, 0.25) is 0 Å². The molecule has 1 rings (SSSR count). The minimum atomic E-state index is 0.0509. The van der Waals surface area contributed by atoms with E-state index in [9.17, 15) is 4.79 Å². The van der Waals surface area contributed by atoms with Gasteiger partial charge in [0.15, 0.2) is 0 Å². The lowest BCUT2D eigenvalue weighted by atomic mass is 9.97. The first kappa shape index (κ1) is 14.0. The van der Waals surface area contributed by atoms with Crippen molar-refractivity contribution in [3.05, 3.63) is 0 Å². The average Bonchev–Trinajstić information content (AvgIpc) is 2.75. The Balaban J connectivity index is 2.45. The Morgan fingerprint density at radius 3 is 2.81 bits per heavy atom. The lowest BCUT2D eigenvalue weighted by Crippen LogP contribution is -2.43. The van der Waals surface area contributed by atoms with Gasteiger partial charge in [-0.2, -0.15) is 0 Å². The van der Waals surface area contributed by atoms with Crippen LogP contribution in [0, 0.1) is 11.8 Å². The van der Waals surface area contributed by atoms with E-state index in [4.69, 9.17) is 4.74 Å². The molecule has 1 aliphatic heterocycles. The number of nitrogens with one attached hydrogen (secondary N) is 1. The van der Waals surface area contributed by atoms with E-state index in [1.54, 1.807) is 0 Å². The molecule has 0 aromatic heterocycles. The summed E-state index contributed by atoms with van der Waals surface area (Å²) in [4.78, 5) is 12.0. The number of hydrogen-bond acceptors (Lipinski definition) is 2. The van der Waals surface area contributed by atoms with Gasteiger partial charge < -0.3 is 10.1 Å². The Morgan fingerprint density at radius 1 is 1.56 bits per heavy atom. The van der Waals surface area contributed by atoms with Gasteiger partial charge in [-0.3, -0.25) is 4.79 Å². The summed E-state index contributed by atoms with van der Waals surface area (Å²) >= 11 is 3.44. The van der Waals surface area contributed by atoms with Crippen LogP contribution in [0.1, 0.15) is 33.6 Å². The van der Waals surface area contributed by atoms with Crippen LogP contribution in [0.4, 0.5) is 0 Å². The fourth-order valence-electron chi connectivity index (χ4n) is 1.96. The molecule has 1 aliphatic rings. The summed E-state index contributed by atoms with van der Waals surface area (Å²) < 4.78 is 5.53. The Bertz CT molecular complexity index is 235. The zero-order valence-electron chi connectivity index (χ0n) is 10.3. The molecule has 0 aromatic carbocycles. The first-order chi connectivity index (χ1) is 7.60. The van der Waals surface area contributed by atoms with Crippen molar-refractivity contribution >= 4 is 21.8 Å². The van der Waals surface area contributed by atoms with Gasteiger partial charge in [0.2, 0.25) is 5.91 Å². The molecule has 1 amide bonds. The van der Waals surface area contributed by atoms with Crippen LogP contribution in [-0.4, -0.2) is 30.0 Å². The van der Waals surface area contributed by atoms with Gasteiger partial charge in [0, 0.05) is 18.0 Å². The lowest BCUT2D eigenvalue weighted by molar-refractivity contribution is -0.127. The van der Waals surface area contributed by atoms with Gasteiger partial charge in [-0.25, -0.2) is 0 Å². The van der Waals surface area contributed by atoms with Gasteiger partial charge in [0.1, 0.15) is 0 Å². The summed E-state index contributed by atoms with van der Waals surface area (Å²) in [5.41, 5.74) is 0. The molecule has 3 nitrogen and oxygen atoms in total. The Morgan fingerprint density at radius 2 is 2.25 bits per heavy atom. The van der Waals surface area contributed by atoms with Crippen molar-refractivity contribution in [2.45, 2.75) is 45.8 Å². The highest BCUT2D eigenvalue weighted by Crippen LogP contribution is 2.23. The van der Waals surface area contributed by atoms with Crippen LogP contribution in [0.5, 0.6) is 0 Å². The summed E-state index contributed by atoms with van der Waals surface area (Å²) in [6, 6.07) is 0.213. The number of halogens is 1. The third kappa shape index (κ3) is 3.45. The van der Waals surface area contributed by atoms with Gasteiger partial charge in [0.05, 0.1) is 12.0 Å². The zero-order valence-corrected chi connectivity index (χ0v) is 11.9. The second-order valence-corrected chi connectivity index (χ2v) is 5.29. The minimum Gasteiger partial charge on any atom is -0.377 e. The third-order valence-electron chi connectivity index (χ3n) is 3.42. The number of alkyl halides is 1. The van der Waals surface area contributed by atoms with Crippen LogP contribution in [0.3, 0.4) is 0 Å². The maximum atomic E-state index is 12.0. The number of hydrogen-bond donors (Lipinski definition) is 1. The number of amides is 1. The quantitative estimate of drug-likeness (QED) is 0.790. The van der Waals surface area contributed by atoms with Crippen molar-refractivity contribution in [3.8, 4) is 0 Å². The van der Waals surface area contributed by atoms with E-state index >= 15 is 0 Å². The van der Waals surface area contributed by atoms with Crippen molar-refractivity contribution in [3.63, 3.8) is 0 Å². The van der Waals surface area contributed by atoms with E-state index in [1.807, 2.05) is 0 Å². The molecule has 1 N–H and O–H groups in total. The van der Waals surface area contributed by atoms with Gasteiger partial charge in [-0.1, -0.05) is 29.8 Å². The van der Waals surface area contributed by atoms with E-state index in [0.717, 1.165) is 24.8 Å². The molecule has 0 radical (unpaired) electrons. The Hall–Kier alpha value is -0.0900. The Kier molecular flexibility index (Phi) is 5.76. The van der Waals surface area contributed by atoms with E-state index in [1.165, 1.54) is 0 Å². The van der Waals surface area contributed by atoms with Crippen LogP contribution >= 0.6 is 15.9 Å². The third-order valence-corrected chi connectivity index (χ3v) is 4.44. The molecule has 1 fully saturated rings. The normalized spacial score (nSPS) is 28.8. The summed E-state index contributed by atoms with van der Waals surface area (Å²) in [6.45, 7) is 6.97. The molecule has 4 heteroatoms. The molecule has 4 atom stereocenters. The molecule has 16 heavy (non-hydrogen) atoms. The number of ether oxygens (including phenoxy) is 1. The van der Waals surface area contributed by atoms with Crippen LogP contribution in [0.15, 0.2) is 0 Å². The van der Waals surface area contributed by atoms with Gasteiger partial charge >= 0.3 is 0 Å². The summed E-state index contributed by atoms with van der Waals surface area (Å²) in [7, 11) is 0. The smallest absolute Gasteiger partial charge is 0.226 e. The predicted octanol–water partition coefficient (Wildman–Crippen LogP) is 2.34. The largest absolute Gasteiger partial charge is 0.377 e. The predicted molar refractivity (Wildman–Crippen MR) is 68.7 cm³/mol. The maximum Gasteiger partial charge on any atom is 0.226 e. The fraction of sp³-hybridized carbons (Fsp3) is 0.917. The molecule has 0 aliphatic carbocycles. The second-order valence-electron chi connectivity index (χ2n) is 4.64. The highest BCUT2D eigenvalue weighted by atomic mass is 79.9. The zero-order chi connectivity index (χ0) is 12.1. The number of carbonyl (C=O) groups is 1. The summed E-state index contributed by atoms with van der Waals surface area (Å²) in [5, 5.41) is 4.00. The highest BCUT2D eigenvalue weighted by molar-refractivity contribution is 9.09. The maximum absolute atomic E-state index is 12.0. The molecular weight excluding hydrogens is 270 g/mol. The molecule has 4 unspecified atom stereocenters. The van der Waals surface area contributed by atoms with E-state index in [0.29, 0.717) is 5.92 Å². The topological polar surface area (TPSA) is 38.3 Å². The van der Waals surface area contributed by atoms with Gasteiger partial charge in [-0.05, 0) is 25.7 Å². The monoisotopic (exact) mass is 291 g/mol. The van der Waals surface area contributed by atoms with Crippen molar-refractivity contribution in [1.82, 2.24) is 5.32 Å². The van der Waals surface area contributed by atoms with E-state index in [-0.39, 0.29) is 24.0 Å². The van der Waals surface area contributed by atoms with Crippen LogP contribution < -0.4 is 5.32 Å². The molecule has 1 heterocycles. The standard InChI is InChI=1S/C12H22BrNO2/c1-4-11-10(5-6-16-11)12(15)14-9(3)8(2)7-13/h8-11H,4-7H2,1-3H3,(H,14,15). The van der Waals surface area contributed by atoms with Crippen molar-refractivity contribution < 1.29 is 9.53 Å². The lowest BCUT2D eigenvalue weighted by Gasteiger charge is -2.23. The van der Waals surface area contributed by atoms with Crippen LogP contribution in [0.25, 0.3) is 0 Å². The van der Waals surface area contributed by atoms with Crippen LogP contribution in [-0.2, 0) is 9.53 Å². The molecular formula is C12H22BrNO2. The molecule has 0 aromatic rings. The molecule has 0 spiro atoms. The molecule has 0 saturated carbocycles. The highest BCUT2D eigenvalue weighted by Gasteiger charge is 2.33. The van der Waals surface area contributed by atoms with Crippen molar-refractivity contribution in [2.75, 3.05) is 11.9 Å². The summed E-state index contributed by atoms with van der Waals surface area (Å²) in [5.74, 6) is 0.658. The second kappa shape index (κ2) is 6.60. The average molecular weight is 292 g/mol. The molecule has 94 valence electrons. The molecule has 1 saturated heterocycles. The summed E-state index contributed by atoms with van der Waals surface area (Å²) in [6.07, 6.45) is 1.90. The van der Waals surface area contributed by atoms with Gasteiger partial charge in [-0.15, -0.1) is 0 Å². The molecule has 0 bridgehead atoms. The number of rotatable bonds is 5. The first-order valence-electron chi connectivity index (χ1n) is 6.08. The SMILES string of the molecule is CCC1OCCC1C(=O)NC(C)C(C)CBr. The van der Waals surface area contributed by atoms with Gasteiger partial charge in [0.25, 0.3) is 0 Å². The Labute approximate surface area is 106 Å². The fourth-order valence-corrected chi connectivity index (χ4v) is 2.52. The van der Waals surface area contributed by atoms with E-state index in [2.05, 4.69) is 42.0 Å². The first-order valence-corrected chi connectivity index (χ1v) is 7.20. The number of carbonyl (C=O) groups excluding carboxylic acids is 1. The van der Waals surface area contributed by atoms with E-state index < -0.39 is 0 Å². The van der Waals surface area contributed by atoms with Crippen molar-refractivity contribution in [2.24, 2.45) is 11.8 Å².